The molecule has 1 heterocycles. The summed E-state index contributed by atoms with van der Waals surface area (Å²) < 4.78 is 0. The van der Waals surface area contributed by atoms with Gasteiger partial charge >= 0.3 is 0 Å². The second-order valence-electron chi connectivity index (χ2n) is 7.83. The van der Waals surface area contributed by atoms with Gasteiger partial charge in [-0.3, -0.25) is 0 Å². The highest BCUT2D eigenvalue weighted by atomic mass is 15.0. The van der Waals surface area contributed by atoms with Gasteiger partial charge in [-0.15, -0.1) is 0 Å². The molecule has 0 amide bonds. The van der Waals surface area contributed by atoms with Gasteiger partial charge in [0.15, 0.2) is 0 Å². The molecule has 2 rings (SSSR count). The van der Waals surface area contributed by atoms with Gasteiger partial charge in [0.05, 0.1) is 0 Å². The van der Waals surface area contributed by atoms with Crippen LogP contribution in [0.3, 0.4) is 0 Å². The van der Waals surface area contributed by atoms with Crippen LogP contribution in [0.15, 0.2) is 0 Å². The van der Waals surface area contributed by atoms with Crippen LogP contribution >= 0.6 is 0 Å². The first-order valence-corrected chi connectivity index (χ1v) is 7.58. The Hall–Kier alpha value is -0.0400. The molecule has 0 bridgehead atoms. The minimum absolute atomic E-state index is 0.428. The van der Waals surface area contributed by atoms with Gasteiger partial charge < -0.3 is 5.32 Å². The average Bonchev–Trinajstić information content (AvgIpc) is 2.71. The highest BCUT2D eigenvalue weighted by molar-refractivity contribution is 5.07. The van der Waals surface area contributed by atoms with E-state index in [-0.39, 0.29) is 0 Å². The Morgan fingerprint density at radius 1 is 1.12 bits per heavy atom. The van der Waals surface area contributed by atoms with Crippen LogP contribution in [-0.2, 0) is 0 Å². The van der Waals surface area contributed by atoms with Crippen molar-refractivity contribution in [2.45, 2.75) is 78.7 Å². The van der Waals surface area contributed by atoms with Crippen LogP contribution in [0.5, 0.6) is 0 Å². The zero-order chi connectivity index (χ0) is 12.7. The smallest absolute Gasteiger partial charge is 0.0159 e. The van der Waals surface area contributed by atoms with E-state index in [1.54, 1.807) is 0 Å². The van der Waals surface area contributed by atoms with Gasteiger partial charge in [0.2, 0.25) is 0 Å². The second kappa shape index (κ2) is 4.26. The molecule has 0 aromatic rings. The molecule has 1 heteroatoms. The molecule has 2 fully saturated rings. The minimum atomic E-state index is 0.428. The maximum Gasteiger partial charge on any atom is 0.0159 e. The highest BCUT2D eigenvalue weighted by Crippen LogP contribution is 2.58. The van der Waals surface area contributed by atoms with E-state index in [9.17, 15) is 0 Å². The fourth-order valence-electron chi connectivity index (χ4n) is 4.46. The van der Waals surface area contributed by atoms with Gasteiger partial charge in [-0.1, -0.05) is 34.1 Å². The number of hydrogen-bond donors (Lipinski definition) is 1. The number of rotatable bonds is 3. The molecule has 3 atom stereocenters. The van der Waals surface area contributed by atoms with E-state index >= 15 is 0 Å². The summed E-state index contributed by atoms with van der Waals surface area (Å²) in [6.45, 7) is 13.4. The summed E-state index contributed by atoms with van der Waals surface area (Å²) in [7, 11) is 0. The molecule has 0 aromatic carbocycles. The van der Waals surface area contributed by atoms with Crippen molar-refractivity contribution in [3.63, 3.8) is 0 Å². The summed E-state index contributed by atoms with van der Waals surface area (Å²) in [4.78, 5) is 0. The van der Waals surface area contributed by atoms with Crippen LogP contribution in [0.2, 0.25) is 0 Å². The largest absolute Gasteiger partial charge is 0.311 e. The zero-order valence-corrected chi connectivity index (χ0v) is 12.5. The van der Waals surface area contributed by atoms with Gasteiger partial charge in [-0.05, 0) is 55.8 Å². The van der Waals surface area contributed by atoms with Crippen molar-refractivity contribution >= 4 is 0 Å². The van der Waals surface area contributed by atoms with Crippen LogP contribution < -0.4 is 5.32 Å². The van der Waals surface area contributed by atoms with E-state index in [1.165, 1.54) is 45.1 Å². The molecule has 1 saturated carbocycles. The third-order valence-electron chi connectivity index (χ3n) is 5.86. The van der Waals surface area contributed by atoms with Crippen molar-refractivity contribution < 1.29 is 0 Å². The number of nitrogens with one attached hydrogen (secondary N) is 1. The Labute approximate surface area is 108 Å². The van der Waals surface area contributed by atoms with Crippen LogP contribution in [0.25, 0.3) is 0 Å². The summed E-state index contributed by atoms with van der Waals surface area (Å²) in [5.74, 6) is 0.833. The monoisotopic (exact) mass is 237 g/mol. The summed E-state index contributed by atoms with van der Waals surface area (Å²) >= 11 is 0. The Balaban J connectivity index is 2.05. The van der Waals surface area contributed by atoms with Crippen molar-refractivity contribution in [3.8, 4) is 0 Å². The standard InChI is InChI=1S/C16H31N/c1-6-7-15(5)11-16(12-17-15)9-8-14(4,10-16)13(2)3/h13,17H,6-12H2,1-5H3. The summed E-state index contributed by atoms with van der Waals surface area (Å²) in [5.41, 5.74) is 1.65. The first kappa shape index (κ1) is 13.4. The Bertz CT molecular complexity index is 285. The average molecular weight is 237 g/mol. The molecule has 100 valence electrons. The first-order chi connectivity index (χ1) is 7.83. The molecule has 2 aliphatic rings. The highest BCUT2D eigenvalue weighted by Gasteiger charge is 2.52. The van der Waals surface area contributed by atoms with Crippen LogP contribution in [-0.4, -0.2) is 12.1 Å². The fraction of sp³-hybridized carbons (Fsp3) is 1.00. The summed E-state index contributed by atoms with van der Waals surface area (Å²) in [6.07, 6.45) is 8.40. The van der Waals surface area contributed by atoms with Crippen molar-refractivity contribution in [2.75, 3.05) is 6.54 Å². The fourth-order valence-corrected chi connectivity index (χ4v) is 4.46. The van der Waals surface area contributed by atoms with Crippen LogP contribution in [0.4, 0.5) is 0 Å². The molecule has 1 aliphatic heterocycles. The first-order valence-electron chi connectivity index (χ1n) is 7.58. The Kier molecular flexibility index (Phi) is 3.36. The quantitative estimate of drug-likeness (QED) is 0.768. The van der Waals surface area contributed by atoms with Crippen molar-refractivity contribution in [3.05, 3.63) is 0 Å². The topological polar surface area (TPSA) is 12.0 Å². The SMILES string of the molecule is CCCC1(C)CC2(CCC(C)(C(C)C)C2)CN1. The molecule has 1 N–H and O–H groups in total. The van der Waals surface area contributed by atoms with E-state index in [4.69, 9.17) is 0 Å². The van der Waals surface area contributed by atoms with E-state index in [1.807, 2.05) is 0 Å². The van der Waals surface area contributed by atoms with Crippen LogP contribution in [0.1, 0.15) is 73.1 Å². The van der Waals surface area contributed by atoms with E-state index in [2.05, 4.69) is 39.9 Å². The predicted octanol–water partition coefficient (Wildman–Crippen LogP) is 4.37. The van der Waals surface area contributed by atoms with Crippen molar-refractivity contribution in [1.29, 1.82) is 0 Å². The van der Waals surface area contributed by atoms with Crippen molar-refractivity contribution in [1.82, 2.24) is 5.32 Å². The maximum absolute atomic E-state index is 3.84. The number of hydrogen-bond acceptors (Lipinski definition) is 1. The summed E-state index contributed by atoms with van der Waals surface area (Å²) in [5, 5.41) is 3.84. The Morgan fingerprint density at radius 3 is 2.35 bits per heavy atom. The van der Waals surface area contributed by atoms with Gasteiger partial charge in [-0.25, -0.2) is 0 Å². The molecule has 1 aliphatic carbocycles. The van der Waals surface area contributed by atoms with Crippen molar-refractivity contribution in [2.24, 2.45) is 16.7 Å². The normalized spacial score (nSPS) is 46.2. The molecule has 0 radical (unpaired) electrons. The minimum Gasteiger partial charge on any atom is -0.311 e. The Morgan fingerprint density at radius 2 is 1.82 bits per heavy atom. The lowest BCUT2D eigenvalue weighted by Crippen LogP contribution is -2.35. The lowest BCUT2D eigenvalue weighted by molar-refractivity contribution is 0.185. The molecule has 3 unspecified atom stereocenters. The molecule has 0 aromatic heterocycles. The lowest BCUT2D eigenvalue weighted by atomic mass is 9.72. The lowest BCUT2D eigenvalue weighted by Gasteiger charge is -2.32. The maximum atomic E-state index is 3.84. The van der Waals surface area contributed by atoms with E-state index < -0.39 is 0 Å². The van der Waals surface area contributed by atoms with Gasteiger partial charge in [-0.2, -0.15) is 0 Å². The van der Waals surface area contributed by atoms with E-state index in [0.717, 1.165) is 5.92 Å². The second-order valence-corrected chi connectivity index (χ2v) is 7.83. The van der Waals surface area contributed by atoms with Gasteiger partial charge in [0.25, 0.3) is 0 Å². The zero-order valence-electron chi connectivity index (χ0n) is 12.5. The predicted molar refractivity (Wildman–Crippen MR) is 75.2 cm³/mol. The van der Waals surface area contributed by atoms with Gasteiger partial charge in [0.1, 0.15) is 0 Å². The third kappa shape index (κ3) is 2.41. The van der Waals surface area contributed by atoms with Gasteiger partial charge in [0, 0.05) is 12.1 Å². The molecule has 1 saturated heterocycles. The molecule has 1 spiro atoms. The molecular weight excluding hydrogens is 206 g/mol. The summed E-state index contributed by atoms with van der Waals surface area (Å²) in [6, 6.07) is 0. The van der Waals surface area contributed by atoms with E-state index in [0.29, 0.717) is 16.4 Å². The molecule has 17 heavy (non-hydrogen) atoms. The molecule has 1 nitrogen and oxygen atoms in total. The van der Waals surface area contributed by atoms with Crippen LogP contribution in [0, 0.1) is 16.7 Å². The third-order valence-corrected chi connectivity index (χ3v) is 5.86. The molecular formula is C16H31N.